The Hall–Kier alpha value is -4.99. The molecule has 0 aliphatic carbocycles. The van der Waals surface area contributed by atoms with Crippen LogP contribution in [-0.4, -0.2) is 29.6 Å². The third kappa shape index (κ3) is 4.07. The number of non-ortho nitro benzene ring substituents is 1. The molecule has 0 saturated heterocycles. The van der Waals surface area contributed by atoms with Gasteiger partial charge in [0.15, 0.2) is 17.2 Å². The van der Waals surface area contributed by atoms with Crippen LogP contribution < -0.4 is 14.2 Å². The molecule has 0 aromatic heterocycles. The highest BCUT2D eigenvalue weighted by Crippen LogP contribution is 2.33. The fourth-order valence-electron chi connectivity index (χ4n) is 3.28. The highest BCUT2D eigenvalue weighted by molar-refractivity contribution is 6.13. The smallest absolute Gasteiger partial charge is 0.363 e. The Morgan fingerprint density at radius 3 is 2.59 bits per heavy atom. The van der Waals surface area contributed by atoms with Crippen LogP contribution in [0.5, 0.6) is 17.2 Å². The summed E-state index contributed by atoms with van der Waals surface area (Å²) in [6.45, 7) is 0.0860. The van der Waals surface area contributed by atoms with Gasteiger partial charge in [0.05, 0.1) is 10.5 Å². The molecule has 2 heterocycles. The van der Waals surface area contributed by atoms with Crippen LogP contribution in [0.2, 0.25) is 0 Å². The third-order valence-corrected chi connectivity index (χ3v) is 4.97. The highest BCUT2D eigenvalue weighted by Gasteiger charge is 2.25. The van der Waals surface area contributed by atoms with Crippen LogP contribution in [0.1, 0.15) is 21.5 Å². The Kier molecular flexibility index (Phi) is 5.23. The number of nitro groups is 1. The molecule has 0 bridgehead atoms. The van der Waals surface area contributed by atoms with Crippen molar-refractivity contribution in [2.24, 2.45) is 4.99 Å². The number of benzene rings is 3. The Bertz CT molecular complexity index is 1390. The molecule has 168 valence electrons. The van der Waals surface area contributed by atoms with Gasteiger partial charge in [0.2, 0.25) is 12.7 Å². The number of ether oxygens (including phenoxy) is 4. The van der Waals surface area contributed by atoms with Crippen molar-refractivity contribution in [3.05, 3.63) is 99.2 Å². The van der Waals surface area contributed by atoms with Gasteiger partial charge in [-0.2, -0.15) is 0 Å². The normalized spacial score (nSPS) is 15.1. The fourth-order valence-corrected chi connectivity index (χ4v) is 3.28. The van der Waals surface area contributed by atoms with Gasteiger partial charge in [0.1, 0.15) is 5.75 Å². The number of carbonyl (C=O) groups excluding carboxylic acids is 2. The fraction of sp³-hybridized carbons (Fsp3) is 0.0417. The topological polar surface area (TPSA) is 127 Å². The lowest BCUT2D eigenvalue weighted by molar-refractivity contribution is -0.384. The van der Waals surface area contributed by atoms with Crippen molar-refractivity contribution in [3.63, 3.8) is 0 Å². The van der Waals surface area contributed by atoms with E-state index in [1.165, 1.54) is 36.4 Å². The molecule has 0 saturated carbocycles. The molecule has 0 amide bonds. The second-order valence-corrected chi connectivity index (χ2v) is 7.14. The third-order valence-electron chi connectivity index (χ3n) is 4.97. The van der Waals surface area contributed by atoms with E-state index >= 15 is 0 Å². The number of cyclic esters (lactones) is 1. The summed E-state index contributed by atoms with van der Waals surface area (Å²) in [6, 6.07) is 16.8. The van der Waals surface area contributed by atoms with E-state index in [1.54, 1.807) is 36.4 Å². The molecule has 0 fully saturated rings. The number of esters is 2. The minimum absolute atomic E-state index is 0.0140. The van der Waals surface area contributed by atoms with Crippen LogP contribution in [0.25, 0.3) is 6.08 Å². The molecule has 0 N–H and O–H groups in total. The van der Waals surface area contributed by atoms with Crippen LogP contribution in [-0.2, 0) is 9.53 Å². The van der Waals surface area contributed by atoms with E-state index in [4.69, 9.17) is 18.9 Å². The summed E-state index contributed by atoms with van der Waals surface area (Å²) in [5, 5.41) is 10.8. The molecule has 34 heavy (non-hydrogen) atoms. The van der Waals surface area contributed by atoms with Crippen molar-refractivity contribution in [3.8, 4) is 17.2 Å². The molecule has 0 spiro atoms. The number of nitrogens with zero attached hydrogens (tertiary/aromatic N) is 2. The first-order valence-electron chi connectivity index (χ1n) is 9.96. The monoisotopic (exact) mass is 458 g/mol. The summed E-state index contributed by atoms with van der Waals surface area (Å²) in [5.41, 5.74) is 0.996. The second-order valence-electron chi connectivity index (χ2n) is 7.14. The van der Waals surface area contributed by atoms with Crippen molar-refractivity contribution in [1.29, 1.82) is 0 Å². The van der Waals surface area contributed by atoms with Gasteiger partial charge in [-0.3, -0.25) is 10.1 Å². The molecule has 0 atom stereocenters. The quantitative estimate of drug-likeness (QED) is 0.185. The Morgan fingerprint density at radius 2 is 1.79 bits per heavy atom. The minimum Gasteiger partial charge on any atom is -0.454 e. The van der Waals surface area contributed by atoms with E-state index in [0.29, 0.717) is 22.6 Å². The van der Waals surface area contributed by atoms with E-state index in [0.717, 1.165) is 0 Å². The number of rotatable bonds is 5. The summed E-state index contributed by atoms with van der Waals surface area (Å²) in [4.78, 5) is 39.5. The van der Waals surface area contributed by atoms with Crippen molar-refractivity contribution in [2.75, 3.05) is 6.79 Å². The second kappa shape index (κ2) is 8.51. The molecule has 2 aliphatic heterocycles. The molecule has 10 heteroatoms. The molecule has 5 rings (SSSR count). The van der Waals surface area contributed by atoms with Crippen LogP contribution in [0, 0.1) is 10.1 Å². The number of aliphatic imine (C=N–C) groups is 1. The molecule has 0 unspecified atom stereocenters. The van der Waals surface area contributed by atoms with Gasteiger partial charge in [-0.05, 0) is 42.5 Å². The predicted molar refractivity (Wildman–Crippen MR) is 118 cm³/mol. The van der Waals surface area contributed by atoms with E-state index in [1.807, 2.05) is 0 Å². The van der Waals surface area contributed by atoms with Crippen LogP contribution in [0.4, 0.5) is 5.69 Å². The first-order chi connectivity index (χ1) is 16.5. The summed E-state index contributed by atoms with van der Waals surface area (Å²) in [5.74, 6) is -0.0984. The maximum atomic E-state index is 12.7. The Labute approximate surface area is 191 Å². The number of para-hydroxylation sites is 1. The highest BCUT2D eigenvalue weighted by atomic mass is 16.7. The Balaban J connectivity index is 1.39. The Morgan fingerprint density at radius 1 is 1.03 bits per heavy atom. The molecule has 3 aromatic rings. The average Bonchev–Trinajstić information content (AvgIpc) is 3.46. The maximum absolute atomic E-state index is 12.7. The van der Waals surface area contributed by atoms with E-state index in [9.17, 15) is 19.7 Å². The zero-order chi connectivity index (χ0) is 23.7. The van der Waals surface area contributed by atoms with Gasteiger partial charge in [0.25, 0.3) is 5.69 Å². The van der Waals surface area contributed by atoms with Gasteiger partial charge in [0, 0.05) is 23.3 Å². The summed E-state index contributed by atoms with van der Waals surface area (Å²) in [6.07, 6.45) is 1.43. The van der Waals surface area contributed by atoms with Crippen molar-refractivity contribution in [1.82, 2.24) is 0 Å². The standard InChI is InChI=1S/C24H14N2O8/c27-23(16-7-10-20-21(12-16)32-13-31-20)33-19-4-2-1-3-15(19)11-18-24(28)34-22(25-18)14-5-8-17(9-6-14)26(29)30/h1-12H,13H2. The zero-order valence-corrected chi connectivity index (χ0v) is 17.3. The number of carbonyl (C=O) groups is 2. The zero-order valence-electron chi connectivity index (χ0n) is 17.3. The van der Waals surface area contributed by atoms with Crippen molar-refractivity contribution >= 4 is 29.6 Å². The first kappa shape index (κ1) is 20.9. The number of fused-ring (bicyclic) bond motifs is 1. The summed E-state index contributed by atoms with van der Waals surface area (Å²) >= 11 is 0. The van der Waals surface area contributed by atoms with Gasteiger partial charge >= 0.3 is 11.9 Å². The lowest BCUT2D eigenvalue weighted by atomic mass is 10.1. The van der Waals surface area contributed by atoms with Gasteiger partial charge in [-0.1, -0.05) is 18.2 Å². The van der Waals surface area contributed by atoms with Gasteiger partial charge in [-0.25, -0.2) is 14.6 Å². The van der Waals surface area contributed by atoms with Gasteiger partial charge < -0.3 is 18.9 Å². The van der Waals surface area contributed by atoms with Crippen LogP contribution >= 0.6 is 0 Å². The van der Waals surface area contributed by atoms with Gasteiger partial charge in [-0.15, -0.1) is 0 Å². The molecular formula is C24H14N2O8. The minimum atomic E-state index is -0.703. The van der Waals surface area contributed by atoms with Crippen molar-refractivity contribution in [2.45, 2.75) is 0 Å². The largest absolute Gasteiger partial charge is 0.454 e. The van der Waals surface area contributed by atoms with E-state index in [2.05, 4.69) is 4.99 Å². The number of hydrogen-bond acceptors (Lipinski definition) is 9. The average molecular weight is 458 g/mol. The van der Waals surface area contributed by atoms with E-state index in [-0.39, 0.29) is 35.4 Å². The SMILES string of the molecule is O=C1OC(c2ccc([N+](=O)[O-])cc2)=NC1=Cc1ccccc1OC(=O)c1ccc2c(c1)OCO2. The molecule has 2 aliphatic rings. The van der Waals surface area contributed by atoms with Crippen LogP contribution in [0.15, 0.2) is 77.4 Å². The predicted octanol–water partition coefficient (Wildman–Crippen LogP) is 3.89. The maximum Gasteiger partial charge on any atom is 0.363 e. The van der Waals surface area contributed by atoms with E-state index < -0.39 is 16.9 Å². The number of nitro benzene ring substituents is 1. The lowest BCUT2D eigenvalue weighted by Gasteiger charge is -2.08. The first-order valence-corrected chi connectivity index (χ1v) is 9.96. The molecular weight excluding hydrogens is 444 g/mol. The number of hydrogen-bond donors (Lipinski definition) is 0. The molecule has 10 nitrogen and oxygen atoms in total. The molecule has 3 aromatic carbocycles. The lowest BCUT2D eigenvalue weighted by Crippen LogP contribution is -2.09. The van der Waals surface area contributed by atoms with Crippen LogP contribution in [0.3, 0.4) is 0 Å². The summed E-state index contributed by atoms with van der Waals surface area (Å²) < 4.78 is 21.3. The molecule has 0 radical (unpaired) electrons. The van der Waals surface area contributed by atoms with Crippen molar-refractivity contribution < 1.29 is 33.5 Å². The summed E-state index contributed by atoms with van der Waals surface area (Å²) in [7, 11) is 0.